The van der Waals surface area contributed by atoms with Gasteiger partial charge in [-0.3, -0.25) is 4.98 Å². The lowest BCUT2D eigenvalue weighted by atomic mass is 10.2. The van der Waals surface area contributed by atoms with Crippen molar-refractivity contribution in [1.29, 1.82) is 0 Å². The third-order valence-electron chi connectivity index (χ3n) is 3.39. The third kappa shape index (κ3) is 3.96. The zero-order chi connectivity index (χ0) is 16.1. The SMILES string of the molecule is Cc1cncc(OCC(N)COc2nccc3ccccc23)c1. The van der Waals surface area contributed by atoms with Crippen molar-refractivity contribution in [3.8, 4) is 11.6 Å². The summed E-state index contributed by atoms with van der Waals surface area (Å²) in [5.74, 6) is 1.31. The number of benzene rings is 1. The maximum Gasteiger partial charge on any atom is 0.221 e. The standard InChI is InChI=1S/C18H19N3O2/c1-13-8-16(10-20-9-13)22-11-15(19)12-23-18-17-5-3-2-4-14(17)6-7-21-18/h2-10,15H,11-12,19H2,1H3. The van der Waals surface area contributed by atoms with E-state index in [1.807, 2.05) is 43.3 Å². The van der Waals surface area contributed by atoms with Gasteiger partial charge in [-0.2, -0.15) is 0 Å². The summed E-state index contributed by atoms with van der Waals surface area (Å²) in [6.45, 7) is 2.66. The zero-order valence-electron chi connectivity index (χ0n) is 13.0. The van der Waals surface area contributed by atoms with E-state index in [4.69, 9.17) is 15.2 Å². The molecule has 1 atom stereocenters. The molecule has 0 spiro atoms. The maximum atomic E-state index is 6.05. The molecule has 0 aliphatic rings. The van der Waals surface area contributed by atoms with Gasteiger partial charge in [-0.25, -0.2) is 4.98 Å². The molecule has 5 heteroatoms. The monoisotopic (exact) mass is 309 g/mol. The molecule has 0 bridgehead atoms. The average Bonchev–Trinajstić information content (AvgIpc) is 2.58. The Morgan fingerprint density at radius 3 is 2.78 bits per heavy atom. The lowest BCUT2D eigenvalue weighted by molar-refractivity contribution is 0.217. The van der Waals surface area contributed by atoms with Crippen molar-refractivity contribution in [1.82, 2.24) is 9.97 Å². The van der Waals surface area contributed by atoms with E-state index >= 15 is 0 Å². The van der Waals surface area contributed by atoms with Crippen LogP contribution in [0.25, 0.3) is 10.8 Å². The Morgan fingerprint density at radius 1 is 1.09 bits per heavy atom. The van der Waals surface area contributed by atoms with Crippen LogP contribution in [-0.2, 0) is 0 Å². The lowest BCUT2D eigenvalue weighted by Crippen LogP contribution is -2.34. The van der Waals surface area contributed by atoms with E-state index in [0.29, 0.717) is 24.8 Å². The molecule has 0 aliphatic heterocycles. The fourth-order valence-electron chi connectivity index (χ4n) is 2.25. The molecule has 2 aromatic heterocycles. The predicted octanol–water partition coefficient (Wildman–Crippen LogP) is 2.72. The second-order valence-corrected chi connectivity index (χ2v) is 5.42. The summed E-state index contributed by atoms with van der Waals surface area (Å²) in [6, 6.07) is 11.6. The molecule has 0 aliphatic carbocycles. The number of pyridine rings is 2. The molecule has 0 amide bonds. The summed E-state index contributed by atoms with van der Waals surface area (Å²) in [6.07, 6.45) is 5.19. The second-order valence-electron chi connectivity index (χ2n) is 5.42. The summed E-state index contributed by atoms with van der Waals surface area (Å²) >= 11 is 0. The van der Waals surface area contributed by atoms with Crippen LogP contribution < -0.4 is 15.2 Å². The van der Waals surface area contributed by atoms with Gasteiger partial charge in [-0.15, -0.1) is 0 Å². The molecule has 0 radical (unpaired) electrons. The zero-order valence-corrected chi connectivity index (χ0v) is 13.0. The second kappa shape index (κ2) is 7.07. The first-order valence-electron chi connectivity index (χ1n) is 7.49. The van der Waals surface area contributed by atoms with Gasteiger partial charge in [0.25, 0.3) is 0 Å². The number of nitrogens with two attached hydrogens (primary N) is 1. The van der Waals surface area contributed by atoms with Crippen molar-refractivity contribution in [2.24, 2.45) is 5.73 Å². The highest BCUT2D eigenvalue weighted by molar-refractivity contribution is 5.86. The summed E-state index contributed by atoms with van der Waals surface area (Å²) in [7, 11) is 0. The Labute approximate surface area is 135 Å². The van der Waals surface area contributed by atoms with E-state index in [-0.39, 0.29) is 6.04 Å². The Morgan fingerprint density at radius 2 is 1.91 bits per heavy atom. The van der Waals surface area contributed by atoms with Crippen molar-refractivity contribution >= 4 is 10.8 Å². The minimum Gasteiger partial charge on any atom is -0.490 e. The van der Waals surface area contributed by atoms with Crippen LogP contribution in [0.2, 0.25) is 0 Å². The van der Waals surface area contributed by atoms with E-state index in [9.17, 15) is 0 Å². The van der Waals surface area contributed by atoms with Crippen molar-refractivity contribution in [2.75, 3.05) is 13.2 Å². The number of nitrogens with zero attached hydrogens (tertiary/aromatic N) is 2. The number of fused-ring (bicyclic) bond motifs is 1. The van der Waals surface area contributed by atoms with E-state index in [0.717, 1.165) is 16.3 Å². The highest BCUT2D eigenvalue weighted by atomic mass is 16.5. The minimum absolute atomic E-state index is 0.253. The molecule has 3 rings (SSSR count). The van der Waals surface area contributed by atoms with E-state index in [1.54, 1.807) is 18.6 Å². The van der Waals surface area contributed by atoms with Crippen LogP contribution in [-0.4, -0.2) is 29.2 Å². The quantitative estimate of drug-likeness (QED) is 0.758. The van der Waals surface area contributed by atoms with Gasteiger partial charge in [0.2, 0.25) is 5.88 Å². The van der Waals surface area contributed by atoms with Crippen molar-refractivity contribution in [3.63, 3.8) is 0 Å². The van der Waals surface area contributed by atoms with Gasteiger partial charge in [-0.05, 0) is 36.1 Å². The van der Waals surface area contributed by atoms with Gasteiger partial charge in [0.1, 0.15) is 19.0 Å². The first-order chi connectivity index (χ1) is 11.2. The van der Waals surface area contributed by atoms with E-state index in [2.05, 4.69) is 9.97 Å². The summed E-state index contributed by atoms with van der Waals surface area (Å²) in [5, 5.41) is 2.07. The first kappa shape index (κ1) is 15.2. The summed E-state index contributed by atoms with van der Waals surface area (Å²) in [4.78, 5) is 8.36. The van der Waals surface area contributed by atoms with E-state index in [1.165, 1.54) is 0 Å². The van der Waals surface area contributed by atoms with Crippen LogP contribution in [0.4, 0.5) is 0 Å². The largest absolute Gasteiger partial charge is 0.490 e. The number of hydrogen-bond donors (Lipinski definition) is 1. The molecule has 2 N–H and O–H groups in total. The molecular formula is C18H19N3O2. The van der Waals surface area contributed by atoms with Gasteiger partial charge in [0, 0.05) is 17.8 Å². The molecule has 3 aromatic rings. The smallest absolute Gasteiger partial charge is 0.221 e. The van der Waals surface area contributed by atoms with Crippen LogP contribution >= 0.6 is 0 Å². The summed E-state index contributed by atoms with van der Waals surface area (Å²) in [5.41, 5.74) is 7.10. The van der Waals surface area contributed by atoms with Crippen LogP contribution in [0.15, 0.2) is 55.0 Å². The minimum atomic E-state index is -0.253. The fourth-order valence-corrected chi connectivity index (χ4v) is 2.25. The van der Waals surface area contributed by atoms with Gasteiger partial charge < -0.3 is 15.2 Å². The van der Waals surface area contributed by atoms with Crippen LogP contribution in [0.1, 0.15) is 5.56 Å². The lowest BCUT2D eigenvalue weighted by Gasteiger charge is -2.14. The van der Waals surface area contributed by atoms with Crippen molar-refractivity contribution in [2.45, 2.75) is 13.0 Å². The molecule has 0 saturated heterocycles. The summed E-state index contributed by atoms with van der Waals surface area (Å²) < 4.78 is 11.4. The Hall–Kier alpha value is -2.66. The van der Waals surface area contributed by atoms with E-state index < -0.39 is 0 Å². The normalized spacial score (nSPS) is 12.1. The molecule has 0 saturated carbocycles. The molecule has 1 aromatic carbocycles. The van der Waals surface area contributed by atoms with Gasteiger partial charge in [-0.1, -0.05) is 18.2 Å². The molecule has 0 fully saturated rings. The Bertz CT molecular complexity index is 787. The molecule has 118 valence electrons. The fraction of sp³-hybridized carbons (Fsp3) is 0.222. The molecule has 1 unspecified atom stereocenters. The predicted molar refractivity (Wildman–Crippen MR) is 89.7 cm³/mol. The Balaban J connectivity index is 1.57. The topological polar surface area (TPSA) is 70.3 Å². The highest BCUT2D eigenvalue weighted by Gasteiger charge is 2.08. The molecule has 5 nitrogen and oxygen atoms in total. The Kier molecular flexibility index (Phi) is 4.68. The molecular weight excluding hydrogens is 290 g/mol. The highest BCUT2D eigenvalue weighted by Crippen LogP contribution is 2.22. The molecule has 23 heavy (non-hydrogen) atoms. The van der Waals surface area contributed by atoms with Gasteiger partial charge >= 0.3 is 0 Å². The van der Waals surface area contributed by atoms with Crippen LogP contribution in [0.3, 0.4) is 0 Å². The van der Waals surface area contributed by atoms with Crippen molar-refractivity contribution < 1.29 is 9.47 Å². The average molecular weight is 309 g/mol. The number of hydrogen-bond acceptors (Lipinski definition) is 5. The maximum absolute atomic E-state index is 6.05. The third-order valence-corrected chi connectivity index (χ3v) is 3.39. The molecule has 2 heterocycles. The van der Waals surface area contributed by atoms with Crippen molar-refractivity contribution in [3.05, 3.63) is 60.6 Å². The number of rotatable bonds is 6. The number of ether oxygens (including phenoxy) is 2. The number of aryl methyl sites for hydroxylation is 1. The number of aromatic nitrogens is 2. The first-order valence-corrected chi connectivity index (χ1v) is 7.49. The van der Waals surface area contributed by atoms with Crippen LogP contribution in [0, 0.1) is 6.92 Å². The van der Waals surface area contributed by atoms with Gasteiger partial charge in [0.15, 0.2) is 0 Å². The van der Waals surface area contributed by atoms with Crippen LogP contribution in [0.5, 0.6) is 11.6 Å². The van der Waals surface area contributed by atoms with Gasteiger partial charge in [0.05, 0.1) is 12.2 Å².